The molecule has 2 aromatic carbocycles. The Morgan fingerprint density at radius 1 is 0.667 bits per heavy atom. The second-order valence-corrected chi connectivity index (χ2v) is 8.41. The average molecular weight is 1140 g/mol. The van der Waals surface area contributed by atoms with Crippen molar-refractivity contribution in [3.63, 3.8) is 0 Å². The number of carboxylic acid groups (broad SMARTS) is 4. The van der Waals surface area contributed by atoms with Crippen molar-refractivity contribution >= 4 is 164 Å². The molecular weight excluding hydrogens is 1130 g/mol. The molecule has 0 saturated heterocycles. The van der Waals surface area contributed by atoms with Crippen LogP contribution in [0.4, 0.5) is 11.4 Å². The van der Waals surface area contributed by atoms with E-state index in [0.717, 1.165) is 6.07 Å². The number of benzene rings is 2. The summed E-state index contributed by atoms with van der Waals surface area (Å²) in [5.74, 6) is -4.76. The maximum atomic E-state index is 11.0. The highest BCUT2D eigenvalue weighted by Crippen LogP contribution is 2.33. The third kappa shape index (κ3) is 10.8. The first-order valence-corrected chi connectivity index (χ1v) is 16.8. The summed E-state index contributed by atoms with van der Waals surface area (Å²) >= 11 is 9.56. The molecule has 0 amide bonds. The average Bonchev–Trinajstić information content (AvgIpc) is 2.67. The summed E-state index contributed by atoms with van der Waals surface area (Å²) in [5.41, 5.74) is 10.9. The smallest absolute Gasteiger partial charge is 0.478 e. The molecule has 0 spiro atoms. The van der Waals surface area contributed by atoms with Gasteiger partial charge in [0.2, 0.25) is 0 Å². The second kappa shape index (κ2) is 17.7. The predicted octanol–water partition coefficient (Wildman–Crippen LogP) is 4.82. The van der Waals surface area contributed by atoms with E-state index in [4.69, 9.17) is 31.9 Å². The van der Waals surface area contributed by atoms with Crippen molar-refractivity contribution < 1.29 is 46.5 Å². The highest BCUT2D eigenvalue weighted by Gasteiger charge is 2.26. The zero-order valence-electron chi connectivity index (χ0n) is 16.6. The van der Waals surface area contributed by atoms with Crippen LogP contribution in [-0.2, 0) is 0 Å². The molecule has 0 bridgehead atoms. The van der Waals surface area contributed by atoms with Crippen molar-refractivity contribution in [2.75, 3.05) is 11.5 Å². The molecule has 184 valence electrons. The van der Waals surface area contributed by atoms with Crippen LogP contribution in [0.2, 0.25) is 0 Å². The van der Waals surface area contributed by atoms with E-state index >= 15 is 0 Å². The fourth-order valence-electron chi connectivity index (χ4n) is 1.96. The van der Waals surface area contributed by atoms with Gasteiger partial charge in [0.25, 0.3) is 0 Å². The number of carboxylic acids is 4. The monoisotopic (exact) mass is 1140 g/mol. The number of aromatic carboxylic acids is 4. The molecule has 33 heavy (non-hydrogen) atoms. The van der Waals surface area contributed by atoms with Gasteiger partial charge in [-0.3, -0.25) is 0 Å². The number of carbonyl (C=O) groups is 4. The van der Waals surface area contributed by atoms with Gasteiger partial charge in [0.1, 0.15) is 0 Å². The summed E-state index contributed by atoms with van der Waals surface area (Å²) in [6, 6.07) is 3.46. The normalized spacial score (nSPS) is 8.88. The fourth-order valence-corrected chi connectivity index (χ4v) is 6.05. The Morgan fingerprint density at radius 2 is 0.970 bits per heavy atom. The molecule has 0 aliphatic carbocycles. The molecule has 0 radical (unpaired) electrons. The van der Waals surface area contributed by atoms with Crippen molar-refractivity contribution in [2.45, 2.75) is 0 Å². The standard InChI is InChI=1S/C8H4I3NO4.C8H7NO4.I2.HI.H2O/c9-3-1(7(13)14)4(10)6(12)5(11)2(3)8(15)16;9-6-2-4(7(10)11)1-5(3-6)8(12)13;1-2;;/h12H2,(H,13,14)(H,15,16);1-3H,9H2,(H,10,11)(H,12,13);;1H;1H2/p+1. The molecule has 2 aromatic rings. The zero-order chi connectivity index (χ0) is 24.6. The summed E-state index contributed by atoms with van der Waals surface area (Å²) in [6.45, 7) is 0. The van der Waals surface area contributed by atoms with Crippen LogP contribution in [0.25, 0.3) is 0 Å². The number of rotatable bonds is 4. The summed E-state index contributed by atoms with van der Waals surface area (Å²) < 4.78 is 0.924. The lowest BCUT2D eigenvalue weighted by atomic mass is 10.1. The molecule has 11 nitrogen and oxygen atoms in total. The second-order valence-electron chi connectivity index (χ2n) is 5.17. The largest absolute Gasteiger partial charge is 1.00 e. The Morgan fingerprint density at radius 3 is 1.21 bits per heavy atom. The molecule has 0 saturated carbocycles. The van der Waals surface area contributed by atoms with Gasteiger partial charge in [0.15, 0.2) is 0 Å². The number of anilines is 2. The first-order chi connectivity index (χ1) is 14.3. The zero-order valence-corrected chi connectivity index (χ0v) is 28.7. The van der Waals surface area contributed by atoms with Gasteiger partial charge in [-0.1, -0.05) is 0 Å². The first kappa shape index (κ1) is 37.8. The van der Waals surface area contributed by atoms with E-state index in [-0.39, 0.29) is 68.1 Å². The summed E-state index contributed by atoms with van der Waals surface area (Å²) in [6.07, 6.45) is 0. The Hall–Kier alpha value is 0.260. The van der Waals surface area contributed by atoms with E-state index < -0.39 is 23.9 Å². The number of hydrogen-bond donors (Lipinski definition) is 6. The number of nitrogen functional groups attached to an aromatic ring is 2. The minimum atomic E-state index is -1.20. The third-order valence-corrected chi connectivity index (χ3v) is 6.55. The molecule has 0 atom stereocenters. The lowest BCUT2D eigenvalue weighted by Crippen LogP contribution is -2.14. The van der Waals surface area contributed by atoms with Gasteiger partial charge in [-0.25, -0.2) is 19.2 Å². The van der Waals surface area contributed by atoms with Crippen LogP contribution in [-0.4, -0.2) is 49.8 Å². The molecule has 0 fully saturated rings. The van der Waals surface area contributed by atoms with Gasteiger partial charge < -0.3 is 37.4 Å². The van der Waals surface area contributed by atoms with Crippen LogP contribution < -0.4 is 11.5 Å². The summed E-state index contributed by atoms with van der Waals surface area (Å²) in [7, 11) is 0. The van der Waals surface area contributed by atoms with Gasteiger partial charge in [-0.2, -0.15) is 0 Å². The Kier molecular flexibility index (Phi) is 20.2. The summed E-state index contributed by atoms with van der Waals surface area (Å²) in [4.78, 5) is 43.0. The number of nitrogens with two attached hydrogens (primary N) is 2. The maximum Gasteiger partial charge on any atom is 1.00 e. The van der Waals surface area contributed by atoms with Crippen LogP contribution in [0.5, 0.6) is 0 Å². The molecule has 10 N–H and O–H groups in total. The minimum absolute atomic E-state index is 0. The van der Waals surface area contributed by atoms with Gasteiger partial charge in [-0.15, -0.1) is 24.0 Å². The lowest BCUT2D eigenvalue weighted by molar-refractivity contribution is 0.0674. The van der Waals surface area contributed by atoms with Crippen molar-refractivity contribution in [2.24, 2.45) is 0 Å². The van der Waals surface area contributed by atoms with Gasteiger partial charge in [0.05, 0.1) is 35.1 Å². The van der Waals surface area contributed by atoms with Crippen molar-refractivity contribution in [1.29, 1.82) is 0 Å². The highest BCUT2D eigenvalue weighted by atomic mass is 128. The summed E-state index contributed by atoms with van der Waals surface area (Å²) in [5, 5.41) is 35.1. The van der Waals surface area contributed by atoms with E-state index in [1.54, 1.807) is 67.8 Å². The molecule has 17 heteroatoms. The Bertz CT molecular complexity index is 983. The lowest BCUT2D eigenvalue weighted by Gasteiger charge is -2.12. The van der Waals surface area contributed by atoms with Gasteiger partial charge >= 0.3 is 25.3 Å². The number of halogens is 6. The van der Waals surface area contributed by atoms with E-state index in [0.29, 0.717) is 7.14 Å². The SMILES string of the molecule is I.II.Nc1c(I)c(C(=O)O)c(I)c(C(=O)O)c1I.Nc1cc(C(=O)O)cc(C(=O)O)c1.O.[H+]. The van der Waals surface area contributed by atoms with E-state index in [9.17, 15) is 19.2 Å². The molecule has 0 aromatic heterocycles. The van der Waals surface area contributed by atoms with Gasteiger partial charge in [0, 0.05) is 46.5 Å². The molecular formula is C16H15I6N2O9+. The first-order valence-electron chi connectivity index (χ1n) is 7.23. The molecule has 2 rings (SSSR count). The highest BCUT2D eigenvalue weighted by molar-refractivity contribution is 15.0. The predicted molar refractivity (Wildman–Crippen MR) is 176 cm³/mol. The minimum Gasteiger partial charge on any atom is -0.478 e. The van der Waals surface area contributed by atoms with E-state index in [2.05, 4.69) is 37.2 Å². The van der Waals surface area contributed by atoms with Crippen LogP contribution in [0.15, 0.2) is 18.2 Å². The van der Waals surface area contributed by atoms with Crippen LogP contribution >= 0.6 is 129 Å². The third-order valence-electron chi connectivity index (χ3n) is 3.23. The molecule has 0 heterocycles. The fraction of sp³-hybridized carbons (Fsp3) is 0. The van der Waals surface area contributed by atoms with Crippen LogP contribution in [0.3, 0.4) is 0 Å². The van der Waals surface area contributed by atoms with Crippen molar-refractivity contribution in [1.82, 2.24) is 0 Å². The van der Waals surface area contributed by atoms with Crippen molar-refractivity contribution in [3.8, 4) is 0 Å². The van der Waals surface area contributed by atoms with Gasteiger partial charge in [-0.05, 0) is 86.0 Å². The quantitative estimate of drug-likeness (QED) is 0.181. The molecule has 0 aliphatic heterocycles. The van der Waals surface area contributed by atoms with Crippen molar-refractivity contribution in [3.05, 3.63) is 51.2 Å². The maximum absolute atomic E-state index is 11.0. The Labute approximate surface area is 269 Å². The Balaban J connectivity index is -0.000000231. The number of hydrogen-bond acceptors (Lipinski definition) is 6. The molecule has 0 aliphatic rings. The topological polar surface area (TPSA) is 233 Å². The van der Waals surface area contributed by atoms with Crippen LogP contribution in [0.1, 0.15) is 42.9 Å². The van der Waals surface area contributed by atoms with E-state index in [1.807, 2.05) is 0 Å². The van der Waals surface area contributed by atoms with Crippen LogP contribution in [0, 0.1) is 10.7 Å². The van der Waals surface area contributed by atoms with E-state index in [1.165, 1.54) is 12.1 Å². The molecule has 0 unspecified atom stereocenters.